The Balaban J connectivity index is 1.83. The highest BCUT2D eigenvalue weighted by molar-refractivity contribution is 6.20. The van der Waals surface area contributed by atoms with Gasteiger partial charge in [-0.05, 0) is 41.9 Å². The lowest BCUT2D eigenvalue weighted by atomic mass is 9.67. The zero-order valence-corrected chi connectivity index (χ0v) is 11.2. The molecule has 0 bridgehead atoms. The Hall–Kier alpha value is -2.62. The van der Waals surface area contributed by atoms with Gasteiger partial charge in [-0.15, -0.1) is 0 Å². The molecule has 2 aliphatic heterocycles. The Kier molecular flexibility index (Phi) is 2.42. The highest BCUT2D eigenvalue weighted by Gasteiger charge is 2.51. The molecular formula is C17H12O4. The van der Waals surface area contributed by atoms with Crippen LogP contribution >= 0.6 is 0 Å². The van der Waals surface area contributed by atoms with Crippen LogP contribution in [0, 0.1) is 5.41 Å². The van der Waals surface area contributed by atoms with E-state index in [-0.39, 0.29) is 18.2 Å². The Bertz CT molecular complexity index is 754. The number of ether oxygens (including phenoxy) is 2. The molecule has 1 aliphatic carbocycles. The van der Waals surface area contributed by atoms with Crippen molar-refractivity contribution in [3.05, 3.63) is 65.7 Å². The first-order chi connectivity index (χ1) is 10.2. The molecule has 1 spiro atoms. The normalized spacial score (nSPS) is 26.3. The summed E-state index contributed by atoms with van der Waals surface area (Å²) in [6.45, 7) is 0.0759. The molecule has 0 fully saturated rings. The molecule has 2 heterocycles. The minimum absolute atomic E-state index is 0.0759. The van der Waals surface area contributed by atoms with Crippen molar-refractivity contribution in [3.8, 4) is 5.75 Å². The predicted molar refractivity (Wildman–Crippen MR) is 74.7 cm³/mol. The number of fused-ring (bicyclic) bond motifs is 2. The van der Waals surface area contributed by atoms with E-state index >= 15 is 0 Å². The van der Waals surface area contributed by atoms with Crippen LogP contribution in [0.4, 0.5) is 0 Å². The number of para-hydroxylation sites is 1. The van der Waals surface area contributed by atoms with Crippen LogP contribution in [0.5, 0.6) is 5.75 Å². The van der Waals surface area contributed by atoms with Gasteiger partial charge in [-0.25, -0.2) is 0 Å². The minimum Gasteiger partial charge on any atom is -0.491 e. The van der Waals surface area contributed by atoms with E-state index in [9.17, 15) is 9.59 Å². The smallest absolute Gasteiger partial charge is 0.184 e. The van der Waals surface area contributed by atoms with E-state index in [0.29, 0.717) is 17.7 Å². The van der Waals surface area contributed by atoms with E-state index in [0.717, 1.165) is 11.1 Å². The van der Waals surface area contributed by atoms with Crippen LogP contribution in [0.25, 0.3) is 0 Å². The lowest BCUT2D eigenvalue weighted by Gasteiger charge is -2.37. The second-order valence-electron chi connectivity index (χ2n) is 5.42. The summed E-state index contributed by atoms with van der Waals surface area (Å²) < 4.78 is 10.8. The molecule has 1 unspecified atom stereocenters. The third-order valence-corrected chi connectivity index (χ3v) is 4.20. The molecule has 0 N–H and O–H groups in total. The van der Waals surface area contributed by atoms with Crippen molar-refractivity contribution < 1.29 is 19.1 Å². The average Bonchev–Trinajstić information content (AvgIpc) is 2.52. The van der Waals surface area contributed by atoms with Gasteiger partial charge in [-0.2, -0.15) is 0 Å². The SMILES string of the molecule is O=C1C=C2C=COC=C2CC12COc1ccccc1C2=O. The van der Waals surface area contributed by atoms with Gasteiger partial charge in [0.15, 0.2) is 11.6 Å². The van der Waals surface area contributed by atoms with E-state index in [1.165, 1.54) is 12.3 Å². The molecule has 104 valence electrons. The number of carbonyl (C=O) groups is 2. The van der Waals surface area contributed by atoms with Crippen LogP contribution in [-0.4, -0.2) is 18.2 Å². The van der Waals surface area contributed by atoms with Crippen LogP contribution < -0.4 is 4.74 Å². The number of hydrogen-bond donors (Lipinski definition) is 0. The van der Waals surface area contributed by atoms with Crippen molar-refractivity contribution in [1.82, 2.24) is 0 Å². The fourth-order valence-corrected chi connectivity index (χ4v) is 3.00. The average molecular weight is 280 g/mol. The molecule has 0 saturated carbocycles. The highest BCUT2D eigenvalue weighted by atomic mass is 16.5. The number of rotatable bonds is 0. The zero-order valence-electron chi connectivity index (χ0n) is 11.2. The monoisotopic (exact) mass is 280 g/mol. The standard InChI is InChI=1S/C17H12O4/c18-15-7-11-5-6-20-9-12(11)8-17(15)10-21-14-4-2-1-3-13(14)16(17)19/h1-7,9H,8,10H2. The molecule has 0 radical (unpaired) electrons. The summed E-state index contributed by atoms with van der Waals surface area (Å²) in [5.74, 6) is 0.185. The van der Waals surface area contributed by atoms with Gasteiger partial charge in [0.05, 0.1) is 18.1 Å². The fourth-order valence-electron chi connectivity index (χ4n) is 3.00. The van der Waals surface area contributed by atoms with Crippen LogP contribution in [-0.2, 0) is 9.53 Å². The molecule has 1 aromatic rings. The van der Waals surface area contributed by atoms with Gasteiger partial charge in [0.25, 0.3) is 0 Å². The summed E-state index contributed by atoms with van der Waals surface area (Å²) in [5, 5.41) is 0. The molecule has 0 aromatic heterocycles. The minimum atomic E-state index is -1.15. The van der Waals surface area contributed by atoms with Gasteiger partial charge in [-0.3, -0.25) is 9.59 Å². The van der Waals surface area contributed by atoms with Gasteiger partial charge in [0.1, 0.15) is 17.8 Å². The van der Waals surface area contributed by atoms with Gasteiger partial charge >= 0.3 is 0 Å². The van der Waals surface area contributed by atoms with Crippen molar-refractivity contribution >= 4 is 11.6 Å². The maximum atomic E-state index is 12.9. The third kappa shape index (κ3) is 1.62. The van der Waals surface area contributed by atoms with Crippen molar-refractivity contribution in [3.63, 3.8) is 0 Å². The van der Waals surface area contributed by atoms with Crippen molar-refractivity contribution in [1.29, 1.82) is 0 Å². The molecule has 0 saturated heterocycles. The fraction of sp³-hybridized carbons (Fsp3) is 0.176. The third-order valence-electron chi connectivity index (χ3n) is 4.20. The molecule has 3 aliphatic rings. The largest absolute Gasteiger partial charge is 0.491 e. The quantitative estimate of drug-likeness (QED) is 0.685. The van der Waals surface area contributed by atoms with Crippen LogP contribution in [0.2, 0.25) is 0 Å². The van der Waals surface area contributed by atoms with Crippen LogP contribution in [0.15, 0.2) is 60.1 Å². The van der Waals surface area contributed by atoms with Crippen LogP contribution in [0.3, 0.4) is 0 Å². The first-order valence-corrected chi connectivity index (χ1v) is 6.75. The van der Waals surface area contributed by atoms with Gasteiger partial charge < -0.3 is 9.47 Å². The maximum absolute atomic E-state index is 12.9. The zero-order chi connectivity index (χ0) is 14.4. The number of hydrogen-bond acceptors (Lipinski definition) is 4. The summed E-state index contributed by atoms with van der Waals surface area (Å²) in [5.41, 5.74) is 0.983. The van der Waals surface area contributed by atoms with Gasteiger partial charge in [0.2, 0.25) is 0 Å². The van der Waals surface area contributed by atoms with Gasteiger partial charge in [0, 0.05) is 0 Å². The molecule has 0 amide bonds. The Morgan fingerprint density at radius 2 is 2.00 bits per heavy atom. The summed E-state index contributed by atoms with van der Waals surface area (Å²) in [4.78, 5) is 25.4. The second kappa shape index (κ2) is 4.19. The first-order valence-electron chi connectivity index (χ1n) is 6.75. The molecule has 1 atom stereocenters. The number of allylic oxidation sites excluding steroid dienone is 4. The Labute approximate surface area is 121 Å². The van der Waals surface area contributed by atoms with Crippen molar-refractivity contribution in [2.45, 2.75) is 6.42 Å². The molecular weight excluding hydrogens is 268 g/mol. The topological polar surface area (TPSA) is 52.6 Å². The lowest BCUT2D eigenvalue weighted by Crippen LogP contribution is -2.48. The molecule has 4 rings (SSSR count). The maximum Gasteiger partial charge on any atom is 0.184 e. The van der Waals surface area contributed by atoms with E-state index in [4.69, 9.17) is 9.47 Å². The van der Waals surface area contributed by atoms with Crippen LogP contribution in [0.1, 0.15) is 16.8 Å². The second-order valence-corrected chi connectivity index (χ2v) is 5.42. The van der Waals surface area contributed by atoms with E-state index in [1.807, 2.05) is 6.07 Å². The molecule has 4 heteroatoms. The summed E-state index contributed by atoms with van der Waals surface area (Å²) in [6, 6.07) is 7.05. The van der Waals surface area contributed by atoms with E-state index in [1.54, 1.807) is 30.5 Å². The highest BCUT2D eigenvalue weighted by Crippen LogP contribution is 2.44. The lowest BCUT2D eigenvalue weighted by molar-refractivity contribution is -0.123. The van der Waals surface area contributed by atoms with E-state index < -0.39 is 5.41 Å². The summed E-state index contributed by atoms with van der Waals surface area (Å²) in [6.07, 6.45) is 6.68. The Morgan fingerprint density at radius 1 is 1.14 bits per heavy atom. The first kappa shape index (κ1) is 12.1. The predicted octanol–water partition coefficient (Wildman–Crippen LogP) is 2.58. The summed E-state index contributed by atoms with van der Waals surface area (Å²) in [7, 11) is 0. The number of Topliss-reactive ketones (excluding diaryl/α,β-unsaturated/α-hetero) is 1. The molecule has 1 aromatic carbocycles. The van der Waals surface area contributed by atoms with Crippen molar-refractivity contribution in [2.24, 2.45) is 5.41 Å². The molecule has 4 nitrogen and oxygen atoms in total. The van der Waals surface area contributed by atoms with E-state index in [2.05, 4.69) is 0 Å². The summed E-state index contributed by atoms with van der Waals surface area (Å²) >= 11 is 0. The number of benzene rings is 1. The van der Waals surface area contributed by atoms with Gasteiger partial charge in [-0.1, -0.05) is 12.1 Å². The van der Waals surface area contributed by atoms with Crippen molar-refractivity contribution in [2.75, 3.05) is 6.61 Å². The number of ketones is 2. The molecule has 21 heavy (non-hydrogen) atoms. The number of carbonyl (C=O) groups excluding carboxylic acids is 2. The Morgan fingerprint density at radius 3 is 2.90 bits per heavy atom.